The maximum atomic E-state index is 5.57. The molecule has 0 bridgehead atoms. The van der Waals surface area contributed by atoms with Crippen molar-refractivity contribution in [2.75, 3.05) is 0 Å². The summed E-state index contributed by atoms with van der Waals surface area (Å²) >= 11 is 15.0. The highest BCUT2D eigenvalue weighted by Gasteiger charge is 2.10. The van der Waals surface area contributed by atoms with Gasteiger partial charge in [0.15, 0.2) is 0 Å². The molecule has 0 aliphatic rings. The van der Waals surface area contributed by atoms with Crippen molar-refractivity contribution in [3.8, 4) is 0 Å². The average molecular weight is 435 g/mol. The molecule has 2 heterocycles. The molecule has 0 unspecified atom stereocenters. The molecule has 0 saturated heterocycles. The summed E-state index contributed by atoms with van der Waals surface area (Å²) < 4.78 is 5.69. The number of hydrogen-bond acceptors (Lipinski definition) is 2. The van der Waals surface area contributed by atoms with Crippen LogP contribution in [0.1, 0.15) is 10.4 Å². The Labute approximate surface area is 177 Å². The van der Waals surface area contributed by atoms with Crippen LogP contribution in [0.3, 0.4) is 0 Å². The zero-order valence-corrected chi connectivity index (χ0v) is 17.8. The van der Waals surface area contributed by atoms with E-state index in [4.69, 9.17) is 23.2 Å². The maximum absolute atomic E-state index is 5.57. The van der Waals surface area contributed by atoms with Crippen LogP contribution >= 0.6 is 59.4 Å². The van der Waals surface area contributed by atoms with Gasteiger partial charge in [-0.25, -0.2) is 0 Å². The first-order chi connectivity index (χ1) is 12.2. The van der Waals surface area contributed by atoms with Gasteiger partial charge in [0.1, 0.15) is 4.84 Å². The van der Waals surface area contributed by atoms with Crippen molar-refractivity contribution in [2.45, 2.75) is 4.84 Å². The van der Waals surface area contributed by atoms with E-state index in [2.05, 4.69) is 48.5 Å². The zero-order chi connectivity index (χ0) is 17.2. The van der Waals surface area contributed by atoms with Crippen LogP contribution in [0.15, 0.2) is 78.9 Å². The van der Waals surface area contributed by atoms with E-state index in [0.29, 0.717) is 0 Å². The maximum Gasteiger partial charge on any atom is 0.132 e. The van der Waals surface area contributed by atoms with Gasteiger partial charge in [-0.2, -0.15) is 13.5 Å². The molecule has 0 amide bonds. The SMILES string of the molecule is ClC(Cl)c1ccccc1.S.c1ccc2c(c1)sc1c3ccccc3sc21. The molecule has 0 aliphatic heterocycles. The molecule has 5 heteroatoms. The summed E-state index contributed by atoms with van der Waals surface area (Å²) in [6.07, 6.45) is 0. The van der Waals surface area contributed by atoms with Gasteiger partial charge >= 0.3 is 0 Å². The second kappa shape index (κ2) is 8.64. The lowest BCUT2D eigenvalue weighted by atomic mass is 10.2. The van der Waals surface area contributed by atoms with Gasteiger partial charge in [0, 0.05) is 20.2 Å². The minimum absolute atomic E-state index is 0. The molecule has 0 spiro atoms. The van der Waals surface area contributed by atoms with E-state index in [1.807, 2.05) is 53.0 Å². The molecule has 3 aromatic carbocycles. The Hall–Kier alpha value is -1.23. The van der Waals surface area contributed by atoms with Crippen LogP contribution < -0.4 is 0 Å². The molecule has 0 nitrogen and oxygen atoms in total. The molecule has 132 valence electrons. The summed E-state index contributed by atoms with van der Waals surface area (Å²) in [5.41, 5.74) is 0.945. The molecule has 0 atom stereocenters. The fourth-order valence-corrected chi connectivity index (χ4v) is 5.70. The topological polar surface area (TPSA) is 0 Å². The lowest BCUT2D eigenvalue weighted by Crippen LogP contribution is -1.76. The van der Waals surface area contributed by atoms with E-state index >= 15 is 0 Å². The Kier molecular flexibility index (Phi) is 6.49. The molecule has 26 heavy (non-hydrogen) atoms. The van der Waals surface area contributed by atoms with Crippen molar-refractivity contribution in [3.63, 3.8) is 0 Å². The van der Waals surface area contributed by atoms with E-state index < -0.39 is 4.84 Å². The van der Waals surface area contributed by atoms with Crippen molar-refractivity contribution in [3.05, 3.63) is 84.4 Å². The van der Waals surface area contributed by atoms with Crippen molar-refractivity contribution >= 4 is 88.9 Å². The van der Waals surface area contributed by atoms with E-state index in [0.717, 1.165) is 5.56 Å². The Morgan fingerprint density at radius 1 is 0.577 bits per heavy atom. The quantitative estimate of drug-likeness (QED) is 0.231. The van der Waals surface area contributed by atoms with E-state index in [-0.39, 0.29) is 13.5 Å². The van der Waals surface area contributed by atoms with Crippen molar-refractivity contribution in [1.82, 2.24) is 0 Å². The Balaban J connectivity index is 0.000000170. The minimum Gasteiger partial charge on any atom is -0.197 e. The van der Waals surface area contributed by atoms with Gasteiger partial charge in [-0.15, -0.1) is 45.9 Å². The lowest BCUT2D eigenvalue weighted by Gasteiger charge is -1.97. The van der Waals surface area contributed by atoms with Crippen molar-refractivity contribution in [1.29, 1.82) is 0 Å². The first-order valence-corrected chi connectivity index (χ1v) is 10.4. The monoisotopic (exact) mass is 434 g/mol. The van der Waals surface area contributed by atoms with Gasteiger partial charge in [-0.1, -0.05) is 66.7 Å². The van der Waals surface area contributed by atoms with Gasteiger partial charge in [0.2, 0.25) is 0 Å². The third kappa shape index (κ3) is 3.88. The van der Waals surface area contributed by atoms with Gasteiger partial charge in [-0.3, -0.25) is 0 Å². The number of thiophene rings is 2. The first-order valence-electron chi connectivity index (χ1n) is 7.86. The van der Waals surface area contributed by atoms with E-state index in [9.17, 15) is 0 Å². The molecule has 0 saturated carbocycles. The van der Waals surface area contributed by atoms with Crippen LogP contribution in [0.5, 0.6) is 0 Å². The highest BCUT2D eigenvalue weighted by atomic mass is 35.5. The molecule has 5 aromatic rings. The molecule has 5 rings (SSSR count). The molecular formula is C21H16Cl2S3. The van der Waals surface area contributed by atoms with E-state index in [1.54, 1.807) is 0 Å². The summed E-state index contributed by atoms with van der Waals surface area (Å²) in [5, 5.41) is 2.81. The zero-order valence-electron chi connectivity index (χ0n) is 13.7. The van der Waals surface area contributed by atoms with Crippen LogP contribution in [0, 0.1) is 0 Å². The summed E-state index contributed by atoms with van der Waals surface area (Å²) in [6, 6.07) is 26.9. The average Bonchev–Trinajstić information content (AvgIpc) is 3.19. The predicted octanol–water partition coefficient (Wildman–Crippen LogP) is 8.54. The second-order valence-electron chi connectivity index (χ2n) is 5.57. The molecule has 0 aliphatic carbocycles. The predicted molar refractivity (Wildman–Crippen MR) is 126 cm³/mol. The number of rotatable bonds is 1. The molecular weight excluding hydrogens is 419 g/mol. The van der Waals surface area contributed by atoms with Crippen LogP contribution in [0.2, 0.25) is 0 Å². The Morgan fingerprint density at radius 2 is 1.00 bits per heavy atom. The normalized spacial score (nSPS) is 10.7. The standard InChI is InChI=1S/C14H8S2.C7H6Cl2.H2S/c1-3-7-11-9(5-1)13-14(15-11)10-6-2-4-8-12(10)16-13;8-7(9)6-4-2-1-3-5-6;/h1-8H;1-5,7H;1H2. The van der Waals surface area contributed by atoms with Gasteiger partial charge in [0.05, 0.1) is 9.40 Å². The lowest BCUT2D eigenvalue weighted by molar-refractivity contribution is 1.35. The third-order valence-corrected chi connectivity index (χ3v) is 6.99. The van der Waals surface area contributed by atoms with Gasteiger partial charge in [-0.05, 0) is 17.7 Å². The highest BCUT2D eigenvalue weighted by Crippen LogP contribution is 2.43. The molecule has 2 aromatic heterocycles. The smallest absolute Gasteiger partial charge is 0.132 e. The fraction of sp³-hybridized carbons (Fsp3) is 0.0476. The third-order valence-electron chi connectivity index (χ3n) is 3.95. The number of alkyl halides is 2. The van der Waals surface area contributed by atoms with Crippen LogP contribution in [0.25, 0.3) is 29.6 Å². The Morgan fingerprint density at radius 3 is 1.42 bits per heavy atom. The van der Waals surface area contributed by atoms with Crippen molar-refractivity contribution < 1.29 is 0 Å². The number of benzene rings is 3. The van der Waals surface area contributed by atoms with Crippen LogP contribution in [-0.4, -0.2) is 0 Å². The number of fused-ring (bicyclic) bond motifs is 5. The van der Waals surface area contributed by atoms with E-state index in [1.165, 1.54) is 29.6 Å². The van der Waals surface area contributed by atoms with Crippen molar-refractivity contribution in [2.24, 2.45) is 0 Å². The number of halogens is 2. The largest absolute Gasteiger partial charge is 0.197 e. The Bertz CT molecular complexity index is 1060. The number of hydrogen-bond donors (Lipinski definition) is 0. The fourth-order valence-electron chi connectivity index (χ4n) is 2.75. The summed E-state index contributed by atoms with van der Waals surface area (Å²) in [5.74, 6) is 0. The summed E-state index contributed by atoms with van der Waals surface area (Å²) in [6.45, 7) is 0. The highest BCUT2D eigenvalue weighted by molar-refractivity contribution is 7.59. The summed E-state index contributed by atoms with van der Waals surface area (Å²) in [7, 11) is 0. The minimum atomic E-state index is -0.397. The summed E-state index contributed by atoms with van der Waals surface area (Å²) in [4.78, 5) is -0.397. The first kappa shape index (κ1) is 19.5. The second-order valence-corrected chi connectivity index (χ2v) is 8.77. The molecule has 0 radical (unpaired) electrons. The van der Waals surface area contributed by atoms with Crippen LogP contribution in [-0.2, 0) is 0 Å². The van der Waals surface area contributed by atoms with Crippen LogP contribution in [0.4, 0.5) is 0 Å². The molecule has 0 N–H and O–H groups in total. The van der Waals surface area contributed by atoms with Gasteiger partial charge < -0.3 is 0 Å². The molecule has 0 fully saturated rings. The van der Waals surface area contributed by atoms with Gasteiger partial charge in [0.25, 0.3) is 0 Å².